The normalized spacial score (nSPS) is 16.8. The summed E-state index contributed by atoms with van der Waals surface area (Å²) < 4.78 is 2.21. The molecule has 0 aliphatic carbocycles. The van der Waals surface area contributed by atoms with Crippen molar-refractivity contribution in [3.63, 3.8) is 0 Å². The van der Waals surface area contributed by atoms with Gasteiger partial charge in [0.25, 0.3) is 0 Å². The second kappa shape index (κ2) is 8.28. The lowest BCUT2D eigenvalue weighted by Crippen LogP contribution is -2.30. The molecule has 104 valence electrons. The van der Waals surface area contributed by atoms with Crippen molar-refractivity contribution in [3.8, 4) is 0 Å². The van der Waals surface area contributed by atoms with E-state index in [9.17, 15) is 0 Å². The van der Waals surface area contributed by atoms with Crippen LogP contribution in [-0.4, -0.2) is 22.3 Å². The van der Waals surface area contributed by atoms with E-state index in [0.717, 1.165) is 27.6 Å². The lowest BCUT2D eigenvalue weighted by Gasteiger charge is -2.26. The highest BCUT2D eigenvalue weighted by atomic mass is 79.9. The van der Waals surface area contributed by atoms with Gasteiger partial charge in [-0.3, -0.25) is 0 Å². The van der Waals surface area contributed by atoms with Gasteiger partial charge in [-0.1, -0.05) is 71.3 Å². The molecular formula is C15H20BrNS2. The number of hydrogen-bond donors (Lipinski definition) is 0. The van der Waals surface area contributed by atoms with E-state index in [4.69, 9.17) is 12.2 Å². The first-order valence-corrected chi connectivity index (χ1v) is 9.10. The topological polar surface area (TPSA) is 3.24 Å². The van der Waals surface area contributed by atoms with Crippen LogP contribution in [0.15, 0.2) is 28.7 Å². The number of hydrogen-bond acceptors (Lipinski definition) is 2. The average molecular weight is 358 g/mol. The summed E-state index contributed by atoms with van der Waals surface area (Å²) in [6, 6.07) is 8.50. The van der Waals surface area contributed by atoms with E-state index in [1.165, 1.54) is 37.7 Å². The van der Waals surface area contributed by atoms with Gasteiger partial charge in [-0.05, 0) is 30.5 Å². The standard InChI is InChI=1S/C15H20BrNS2/c16-14-8-6-13(7-9-14)12-19-15(18)17-10-4-2-1-3-5-11-17/h6-9H,1-5,10-12H2. The van der Waals surface area contributed by atoms with E-state index in [1.54, 1.807) is 11.8 Å². The zero-order chi connectivity index (χ0) is 13.5. The van der Waals surface area contributed by atoms with Gasteiger partial charge < -0.3 is 4.90 Å². The molecule has 0 bridgehead atoms. The number of nitrogens with zero attached hydrogens (tertiary/aromatic N) is 1. The van der Waals surface area contributed by atoms with Gasteiger partial charge in [-0.15, -0.1) is 0 Å². The average Bonchev–Trinajstić information content (AvgIpc) is 2.37. The SMILES string of the molecule is S=C(SCc1ccc(Br)cc1)N1CCCCCCC1. The number of likely N-dealkylation sites (tertiary alicyclic amines) is 1. The summed E-state index contributed by atoms with van der Waals surface area (Å²) in [7, 11) is 0. The van der Waals surface area contributed by atoms with Crippen LogP contribution in [0.3, 0.4) is 0 Å². The molecule has 1 aliphatic heterocycles. The molecule has 4 heteroatoms. The van der Waals surface area contributed by atoms with Gasteiger partial charge in [0.1, 0.15) is 4.32 Å². The summed E-state index contributed by atoms with van der Waals surface area (Å²) in [6.45, 7) is 2.29. The van der Waals surface area contributed by atoms with Gasteiger partial charge in [-0.2, -0.15) is 0 Å². The predicted molar refractivity (Wildman–Crippen MR) is 92.7 cm³/mol. The van der Waals surface area contributed by atoms with E-state index in [2.05, 4.69) is 45.1 Å². The molecule has 0 amide bonds. The molecule has 1 saturated heterocycles. The number of thioether (sulfide) groups is 1. The molecule has 2 rings (SSSR count). The molecule has 0 atom stereocenters. The van der Waals surface area contributed by atoms with Crippen LogP contribution >= 0.6 is 39.9 Å². The summed E-state index contributed by atoms with van der Waals surface area (Å²) in [5.41, 5.74) is 1.34. The first-order valence-electron chi connectivity index (χ1n) is 6.92. The lowest BCUT2D eigenvalue weighted by molar-refractivity contribution is 0.372. The maximum absolute atomic E-state index is 5.58. The van der Waals surface area contributed by atoms with E-state index < -0.39 is 0 Å². The third kappa shape index (κ3) is 5.44. The minimum atomic E-state index is 0.975. The monoisotopic (exact) mass is 357 g/mol. The van der Waals surface area contributed by atoms with Gasteiger partial charge in [-0.25, -0.2) is 0 Å². The fourth-order valence-corrected chi connectivity index (χ4v) is 3.72. The lowest BCUT2D eigenvalue weighted by atomic mass is 10.1. The minimum absolute atomic E-state index is 0.975. The summed E-state index contributed by atoms with van der Waals surface area (Å²) in [4.78, 5) is 2.40. The Hall–Kier alpha value is -0.0600. The van der Waals surface area contributed by atoms with Crippen molar-refractivity contribution in [1.29, 1.82) is 0 Å². The van der Waals surface area contributed by atoms with E-state index >= 15 is 0 Å². The Labute approximate surface area is 134 Å². The fourth-order valence-electron chi connectivity index (χ4n) is 2.25. The van der Waals surface area contributed by atoms with Crippen LogP contribution in [0.2, 0.25) is 0 Å². The van der Waals surface area contributed by atoms with Crippen LogP contribution in [-0.2, 0) is 5.75 Å². The second-order valence-electron chi connectivity index (χ2n) is 4.94. The highest BCUT2D eigenvalue weighted by molar-refractivity contribution is 9.10. The number of halogens is 1. The van der Waals surface area contributed by atoms with Crippen molar-refractivity contribution in [2.45, 2.75) is 37.9 Å². The minimum Gasteiger partial charge on any atom is -0.358 e. The van der Waals surface area contributed by atoms with Crippen molar-refractivity contribution in [2.24, 2.45) is 0 Å². The molecule has 0 N–H and O–H groups in total. The zero-order valence-corrected chi connectivity index (χ0v) is 14.3. The van der Waals surface area contributed by atoms with Crippen molar-refractivity contribution in [1.82, 2.24) is 4.90 Å². The van der Waals surface area contributed by atoms with Crippen LogP contribution in [0.5, 0.6) is 0 Å². The van der Waals surface area contributed by atoms with Crippen LogP contribution < -0.4 is 0 Å². The zero-order valence-electron chi connectivity index (χ0n) is 11.1. The van der Waals surface area contributed by atoms with Crippen LogP contribution in [0.25, 0.3) is 0 Å². The van der Waals surface area contributed by atoms with Crippen molar-refractivity contribution >= 4 is 44.2 Å². The van der Waals surface area contributed by atoms with Gasteiger partial charge in [0.05, 0.1) is 0 Å². The van der Waals surface area contributed by atoms with Crippen LogP contribution in [0.1, 0.15) is 37.7 Å². The molecule has 1 aromatic rings. The first kappa shape index (κ1) is 15.3. The van der Waals surface area contributed by atoms with E-state index in [-0.39, 0.29) is 0 Å². The Balaban J connectivity index is 1.80. The van der Waals surface area contributed by atoms with Crippen molar-refractivity contribution in [3.05, 3.63) is 34.3 Å². The molecule has 1 heterocycles. The molecule has 1 aliphatic rings. The predicted octanol–water partition coefficient (Wildman–Crippen LogP) is 5.23. The smallest absolute Gasteiger partial charge is 0.136 e. The Kier molecular flexibility index (Phi) is 6.68. The molecule has 0 aromatic heterocycles. The third-order valence-electron chi connectivity index (χ3n) is 3.39. The molecule has 1 fully saturated rings. The Morgan fingerprint density at radius 1 is 1.05 bits per heavy atom. The molecular weight excluding hydrogens is 338 g/mol. The third-order valence-corrected chi connectivity index (χ3v) is 5.51. The van der Waals surface area contributed by atoms with Crippen molar-refractivity contribution in [2.75, 3.05) is 13.1 Å². The van der Waals surface area contributed by atoms with E-state index in [1.807, 2.05) is 0 Å². The van der Waals surface area contributed by atoms with Gasteiger partial charge in [0.2, 0.25) is 0 Å². The summed E-state index contributed by atoms with van der Waals surface area (Å²) >= 11 is 10.8. The molecule has 0 spiro atoms. The molecule has 19 heavy (non-hydrogen) atoms. The summed E-state index contributed by atoms with van der Waals surface area (Å²) in [6.07, 6.45) is 6.69. The highest BCUT2D eigenvalue weighted by Crippen LogP contribution is 2.20. The molecule has 0 unspecified atom stereocenters. The summed E-state index contributed by atoms with van der Waals surface area (Å²) in [5, 5.41) is 0. The van der Waals surface area contributed by atoms with Crippen LogP contribution in [0.4, 0.5) is 0 Å². The van der Waals surface area contributed by atoms with Crippen LogP contribution in [0, 0.1) is 0 Å². The number of rotatable bonds is 2. The largest absolute Gasteiger partial charge is 0.358 e. The molecule has 1 aromatic carbocycles. The van der Waals surface area contributed by atoms with Crippen molar-refractivity contribution < 1.29 is 0 Å². The first-order chi connectivity index (χ1) is 9.25. The Morgan fingerprint density at radius 2 is 1.63 bits per heavy atom. The van der Waals surface area contributed by atoms with E-state index in [0.29, 0.717) is 0 Å². The Morgan fingerprint density at radius 3 is 2.26 bits per heavy atom. The van der Waals surface area contributed by atoms with Gasteiger partial charge >= 0.3 is 0 Å². The molecule has 1 nitrogen and oxygen atoms in total. The van der Waals surface area contributed by atoms with Gasteiger partial charge in [0, 0.05) is 23.3 Å². The quantitative estimate of drug-likeness (QED) is 0.666. The second-order valence-corrected chi connectivity index (χ2v) is 7.46. The van der Waals surface area contributed by atoms with Gasteiger partial charge in [0.15, 0.2) is 0 Å². The maximum Gasteiger partial charge on any atom is 0.136 e. The number of thiocarbonyl (C=S) groups is 1. The Bertz CT molecular complexity index is 397. The molecule has 0 radical (unpaired) electrons. The summed E-state index contributed by atoms with van der Waals surface area (Å²) in [5.74, 6) is 0.975. The molecule has 0 saturated carbocycles. The maximum atomic E-state index is 5.58. The fraction of sp³-hybridized carbons (Fsp3) is 0.533. The number of benzene rings is 1. The highest BCUT2D eigenvalue weighted by Gasteiger charge is 2.11.